The van der Waals surface area contributed by atoms with Crippen LogP contribution < -0.4 is 5.43 Å². The van der Waals surface area contributed by atoms with Crippen LogP contribution in [0.5, 0.6) is 0 Å². The predicted octanol–water partition coefficient (Wildman–Crippen LogP) is 10.2. The maximum absolute atomic E-state index is 8.49. The molecule has 5 aromatic carbocycles. The van der Waals surface area contributed by atoms with Crippen molar-refractivity contribution in [3.05, 3.63) is 170 Å². The minimum absolute atomic E-state index is 0.329. The van der Waals surface area contributed by atoms with E-state index in [1.54, 1.807) is 12.3 Å². The van der Waals surface area contributed by atoms with Crippen LogP contribution in [-0.2, 0) is 0 Å². The molecule has 7 aromatic rings. The van der Waals surface area contributed by atoms with Crippen molar-refractivity contribution >= 4 is 44.2 Å². The molecule has 0 saturated heterocycles. The molecule has 2 N–H and O–H groups in total. The molecule has 2 heterocycles. The van der Waals surface area contributed by atoms with Gasteiger partial charge in [0.2, 0.25) is 0 Å². The number of fused-ring (bicyclic) bond motifs is 2. The molecule has 5 nitrogen and oxygen atoms in total. The first kappa shape index (κ1) is 28.0. The Kier molecular flexibility index (Phi) is 7.25. The molecule has 8 rings (SSSR count). The first-order valence-electron chi connectivity index (χ1n) is 15.5. The molecule has 1 aliphatic rings. The molecule has 222 valence electrons. The Morgan fingerprint density at radius 1 is 0.511 bits per heavy atom. The van der Waals surface area contributed by atoms with E-state index in [1.807, 2.05) is 60.7 Å². The third-order valence-corrected chi connectivity index (χ3v) is 8.44. The van der Waals surface area contributed by atoms with Gasteiger partial charge in [0.15, 0.2) is 0 Å². The fourth-order valence-electron chi connectivity index (χ4n) is 6.23. The summed E-state index contributed by atoms with van der Waals surface area (Å²) in [5, 5.41) is 18.0. The number of hydrazone groups is 1. The summed E-state index contributed by atoms with van der Waals surface area (Å²) in [7, 11) is 0. The molecule has 0 amide bonds. The van der Waals surface area contributed by atoms with Gasteiger partial charge in [-0.05, 0) is 92.3 Å². The van der Waals surface area contributed by atoms with Gasteiger partial charge in [-0.3, -0.25) is 15.8 Å². The summed E-state index contributed by atoms with van der Waals surface area (Å²) in [6.45, 7) is 0. The summed E-state index contributed by atoms with van der Waals surface area (Å²) in [5.41, 5.74) is 13.0. The highest BCUT2D eigenvalue weighted by Gasteiger charge is 2.17. The van der Waals surface area contributed by atoms with Crippen molar-refractivity contribution in [3.63, 3.8) is 0 Å². The molecule has 0 saturated carbocycles. The summed E-state index contributed by atoms with van der Waals surface area (Å²) >= 11 is 0. The summed E-state index contributed by atoms with van der Waals surface area (Å²) in [6.07, 6.45) is 7.31. The van der Waals surface area contributed by atoms with Gasteiger partial charge in [0.25, 0.3) is 0 Å². The Morgan fingerprint density at radius 3 is 1.72 bits per heavy atom. The molecule has 0 unspecified atom stereocenters. The Balaban J connectivity index is 1.12. The van der Waals surface area contributed by atoms with E-state index >= 15 is 0 Å². The monoisotopic (exact) mass is 603 g/mol. The van der Waals surface area contributed by atoms with Crippen molar-refractivity contribution in [3.8, 4) is 33.6 Å². The maximum Gasteiger partial charge on any atom is 0.109 e. The number of benzene rings is 5. The van der Waals surface area contributed by atoms with Crippen LogP contribution in [0.1, 0.15) is 5.69 Å². The van der Waals surface area contributed by atoms with Crippen LogP contribution in [0.25, 0.3) is 60.8 Å². The van der Waals surface area contributed by atoms with E-state index < -0.39 is 0 Å². The van der Waals surface area contributed by atoms with Crippen molar-refractivity contribution in [2.45, 2.75) is 0 Å². The van der Waals surface area contributed by atoms with Gasteiger partial charge in [-0.15, -0.1) is 0 Å². The van der Waals surface area contributed by atoms with Gasteiger partial charge in [0.1, 0.15) is 5.71 Å². The molecule has 0 atom stereocenters. The van der Waals surface area contributed by atoms with Crippen molar-refractivity contribution in [1.29, 1.82) is 5.41 Å². The number of anilines is 1. The number of nitrogens with zero attached hydrogens (tertiary/aromatic N) is 3. The summed E-state index contributed by atoms with van der Waals surface area (Å²) in [4.78, 5) is 9.25. The van der Waals surface area contributed by atoms with Crippen LogP contribution in [0.4, 0.5) is 5.69 Å². The maximum atomic E-state index is 8.49. The summed E-state index contributed by atoms with van der Waals surface area (Å²) < 4.78 is 0. The highest BCUT2D eigenvalue weighted by Crippen LogP contribution is 2.43. The van der Waals surface area contributed by atoms with E-state index in [2.05, 4.69) is 107 Å². The molecule has 0 fully saturated rings. The second-order valence-corrected chi connectivity index (χ2v) is 11.4. The minimum atomic E-state index is 0.329. The molecule has 1 aliphatic carbocycles. The molecule has 0 aliphatic heterocycles. The normalized spacial score (nSPS) is 13.7. The van der Waals surface area contributed by atoms with E-state index in [9.17, 15) is 0 Å². The Morgan fingerprint density at radius 2 is 1.09 bits per heavy atom. The Hall–Kier alpha value is -6.46. The van der Waals surface area contributed by atoms with Crippen molar-refractivity contribution in [1.82, 2.24) is 9.97 Å². The molecule has 0 spiro atoms. The number of nitrogens with one attached hydrogen (secondary N) is 2. The van der Waals surface area contributed by atoms with Crippen LogP contribution in [0, 0.1) is 5.41 Å². The van der Waals surface area contributed by atoms with E-state index in [-0.39, 0.29) is 0 Å². The molecule has 5 heteroatoms. The first-order chi connectivity index (χ1) is 23.2. The third kappa shape index (κ3) is 5.40. The number of hydrogen-bond acceptors (Lipinski definition) is 5. The summed E-state index contributed by atoms with van der Waals surface area (Å²) in [6, 6.07) is 48.0. The Bertz CT molecular complexity index is 2310. The number of aromatic nitrogens is 2. The molecule has 2 aromatic heterocycles. The molecule has 0 radical (unpaired) electrons. The number of hydrogen-bond donors (Lipinski definition) is 2. The zero-order valence-corrected chi connectivity index (χ0v) is 25.4. The topological polar surface area (TPSA) is 74.0 Å². The number of pyridine rings is 2. The quantitative estimate of drug-likeness (QED) is 0.113. The fourth-order valence-corrected chi connectivity index (χ4v) is 6.23. The zero-order valence-electron chi connectivity index (χ0n) is 25.4. The molecule has 0 bridgehead atoms. The highest BCUT2D eigenvalue weighted by molar-refractivity contribution is 6.51. The lowest BCUT2D eigenvalue weighted by molar-refractivity contribution is 1.22. The highest BCUT2D eigenvalue weighted by atomic mass is 15.3. The average Bonchev–Trinajstić information content (AvgIpc) is 3.14. The fraction of sp³-hybridized carbons (Fsp3) is 0. The van der Waals surface area contributed by atoms with Gasteiger partial charge >= 0.3 is 0 Å². The lowest BCUT2D eigenvalue weighted by Crippen LogP contribution is -2.14. The summed E-state index contributed by atoms with van der Waals surface area (Å²) in [5.74, 6) is 0. The largest absolute Gasteiger partial charge is 0.299 e. The van der Waals surface area contributed by atoms with E-state index in [1.165, 1.54) is 38.2 Å². The van der Waals surface area contributed by atoms with Gasteiger partial charge in [0.05, 0.1) is 28.5 Å². The number of allylic oxidation sites excluding steroid dienone is 4. The van der Waals surface area contributed by atoms with Crippen molar-refractivity contribution in [2.75, 3.05) is 5.43 Å². The Labute approximate surface area is 272 Å². The predicted molar refractivity (Wildman–Crippen MR) is 196 cm³/mol. The smallest absolute Gasteiger partial charge is 0.109 e. The lowest BCUT2D eigenvalue weighted by Gasteiger charge is -2.18. The standard InChI is InChI=1S/C42H29N5/c43-36-25-22-30(37-18-10-19-39(45-37)38-17-8-9-26-44-38)27-40(36)47-46-31-23-20-29(21-24-31)42-34-15-6-4-13-32(34)41(28-11-2-1-3-12-28)33-14-5-7-16-35(33)42/h1-27,43,46H/b43-36?,47-40-. The van der Waals surface area contributed by atoms with Crippen LogP contribution in [0.2, 0.25) is 0 Å². The third-order valence-electron chi connectivity index (χ3n) is 8.44. The van der Waals surface area contributed by atoms with Crippen LogP contribution >= 0.6 is 0 Å². The zero-order chi connectivity index (χ0) is 31.6. The molecular weight excluding hydrogens is 574 g/mol. The van der Waals surface area contributed by atoms with Crippen LogP contribution in [-0.4, -0.2) is 21.4 Å². The van der Waals surface area contributed by atoms with Gasteiger partial charge in [-0.2, -0.15) is 5.10 Å². The number of rotatable bonds is 6. The second kappa shape index (κ2) is 12.1. The van der Waals surface area contributed by atoms with Gasteiger partial charge < -0.3 is 0 Å². The average molecular weight is 604 g/mol. The minimum Gasteiger partial charge on any atom is -0.299 e. The molecular formula is C42H29N5. The van der Waals surface area contributed by atoms with E-state index in [0.29, 0.717) is 11.4 Å². The van der Waals surface area contributed by atoms with E-state index in [0.717, 1.165) is 33.9 Å². The van der Waals surface area contributed by atoms with Crippen molar-refractivity contribution in [2.24, 2.45) is 5.10 Å². The van der Waals surface area contributed by atoms with Crippen LogP contribution in [0.3, 0.4) is 0 Å². The SMILES string of the molecule is N=C1C=CC(c2cccc(-c3ccccn3)n2)=C/C1=N/Nc1ccc(-c2c3ccccc3c(-c3ccccc3)c3ccccc23)cc1. The molecule has 47 heavy (non-hydrogen) atoms. The van der Waals surface area contributed by atoms with Crippen molar-refractivity contribution < 1.29 is 0 Å². The first-order valence-corrected chi connectivity index (χ1v) is 15.5. The second-order valence-electron chi connectivity index (χ2n) is 11.4. The van der Waals surface area contributed by atoms with Gasteiger partial charge in [-0.1, -0.05) is 109 Å². The van der Waals surface area contributed by atoms with E-state index in [4.69, 9.17) is 10.4 Å². The van der Waals surface area contributed by atoms with Gasteiger partial charge in [-0.25, -0.2) is 4.98 Å². The van der Waals surface area contributed by atoms with Crippen LogP contribution in [0.15, 0.2) is 169 Å². The van der Waals surface area contributed by atoms with Gasteiger partial charge in [0, 0.05) is 11.8 Å². The lowest BCUT2D eigenvalue weighted by atomic mass is 9.86.